The maximum absolute atomic E-state index is 13.6. The maximum atomic E-state index is 13.6. The largest absolute Gasteiger partial charge is 0.420 e. The fourth-order valence-electron chi connectivity index (χ4n) is 6.75. The van der Waals surface area contributed by atoms with E-state index >= 15 is 0 Å². The molecule has 0 bridgehead atoms. The molecule has 3 rings (SSSR count). The zero-order valence-corrected chi connectivity index (χ0v) is 42.7. The molecule has 4 atom stereocenters. The summed E-state index contributed by atoms with van der Waals surface area (Å²) in [5.41, 5.74) is 0. The van der Waals surface area contributed by atoms with Gasteiger partial charge in [0.05, 0.1) is 177 Å². The molecular weight excluding hydrogens is 1000 g/mol. The van der Waals surface area contributed by atoms with Gasteiger partial charge in [-0.05, 0) is 19.3 Å². The highest BCUT2D eigenvalue weighted by Gasteiger charge is 2.42. The summed E-state index contributed by atoms with van der Waals surface area (Å²) in [7, 11) is 0. The molecule has 4 amide bonds. The lowest BCUT2D eigenvalue weighted by Gasteiger charge is -2.18. The van der Waals surface area contributed by atoms with Gasteiger partial charge in [0.1, 0.15) is 6.04 Å². The Hall–Kier alpha value is -3.51. The molecule has 420 valence electrons. The van der Waals surface area contributed by atoms with Gasteiger partial charge in [-0.3, -0.25) is 14.4 Å². The summed E-state index contributed by atoms with van der Waals surface area (Å²) in [5.74, 6) is -8.99. The third-order valence-corrected chi connectivity index (χ3v) is 12.0. The minimum absolute atomic E-state index is 0.0146. The predicted molar refractivity (Wildman–Crippen MR) is 256 cm³/mol. The molecule has 2 saturated heterocycles. The summed E-state index contributed by atoms with van der Waals surface area (Å²) in [6.45, 7) is 10.7. The van der Waals surface area contributed by atoms with Crippen LogP contribution in [0.5, 0.6) is 5.75 Å². The maximum Gasteiger partial charge on any atom is 0.315 e. The number of carbonyl (C=O) groups excluding carboxylic acids is 4. The SMILES string of the molecule is CCC(NC(=O)CCCC[C@@H]1SC[C@@H]2NC(=O)N[C@@H]21)C(=O)NCCOCCOCCOCCOCCOCCOCCOCCOCCOCCOCCOCCOCCC(=O)Oc1c(F)c(F)cc(F)c1F. The lowest BCUT2D eigenvalue weighted by molar-refractivity contribution is -0.136. The van der Waals surface area contributed by atoms with Crippen molar-refractivity contribution in [3.8, 4) is 5.75 Å². The van der Waals surface area contributed by atoms with Gasteiger partial charge in [-0.1, -0.05) is 13.3 Å². The summed E-state index contributed by atoms with van der Waals surface area (Å²) in [6, 6.07) is -0.318. The molecule has 0 saturated carbocycles. The predicted octanol–water partition coefficient (Wildman–Crippen LogP) is 2.47. The Morgan fingerprint density at radius 3 is 1.42 bits per heavy atom. The molecule has 26 heteroatoms. The van der Waals surface area contributed by atoms with Crippen molar-refractivity contribution in [1.82, 2.24) is 21.3 Å². The number of thioether (sulfide) groups is 1. The molecule has 0 radical (unpaired) electrons. The highest BCUT2D eigenvalue weighted by atomic mass is 32.2. The van der Waals surface area contributed by atoms with Crippen molar-refractivity contribution in [2.45, 2.75) is 68.8 Å². The molecule has 2 aliphatic heterocycles. The van der Waals surface area contributed by atoms with Crippen molar-refractivity contribution in [3.05, 3.63) is 29.3 Å². The summed E-state index contributed by atoms with van der Waals surface area (Å²) in [4.78, 5) is 48.3. The number of fused-ring (bicyclic) bond motifs is 1. The average molecular weight is 1080 g/mol. The molecule has 4 N–H and O–H groups in total. The molecule has 1 aromatic carbocycles. The van der Waals surface area contributed by atoms with Crippen LogP contribution in [0.4, 0.5) is 22.4 Å². The van der Waals surface area contributed by atoms with Crippen molar-refractivity contribution < 1.29 is 98.3 Å². The molecule has 0 spiro atoms. The van der Waals surface area contributed by atoms with Crippen LogP contribution in [0, 0.1) is 23.3 Å². The van der Waals surface area contributed by atoms with E-state index in [4.69, 9.17) is 56.8 Å². The smallest absolute Gasteiger partial charge is 0.315 e. The van der Waals surface area contributed by atoms with E-state index in [9.17, 15) is 36.7 Å². The van der Waals surface area contributed by atoms with E-state index in [1.165, 1.54) is 0 Å². The van der Waals surface area contributed by atoms with Gasteiger partial charge in [-0.25, -0.2) is 13.6 Å². The number of benzene rings is 1. The van der Waals surface area contributed by atoms with Crippen LogP contribution in [0.15, 0.2) is 6.07 Å². The highest BCUT2D eigenvalue weighted by Crippen LogP contribution is 2.33. The normalized spacial score (nSPS) is 16.6. The van der Waals surface area contributed by atoms with Crippen LogP contribution < -0.4 is 26.0 Å². The molecule has 1 aromatic rings. The number of nitrogens with one attached hydrogen (secondary N) is 4. The van der Waals surface area contributed by atoms with E-state index < -0.39 is 47.5 Å². The Kier molecular flexibility index (Phi) is 36.4. The number of amides is 4. The third-order valence-electron chi connectivity index (χ3n) is 10.5. The topological polar surface area (TPSA) is 236 Å². The van der Waals surface area contributed by atoms with Crippen LogP contribution in [0.2, 0.25) is 0 Å². The Labute approximate surface area is 428 Å². The minimum atomic E-state index is -1.80. The second-order valence-electron chi connectivity index (χ2n) is 16.1. The second kappa shape index (κ2) is 41.7. The van der Waals surface area contributed by atoms with Crippen molar-refractivity contribution >= 4 is 35.6 Å². The first-order valence-corrected chi connectivity index (χ1v) is 25.9. The van der Waals surface area contributed by atoms with Gasteiger partial charge >= 0.3 is 12.0 Å². The Balaban J connectivity index is 0.923. The summed E-state index contributed by atoms with van der Waals surface area (Å²) >= 11 is 1.86. The summed E-state index contributed by atoms with van der Waals surface area (Å²) in [6.07, 6.45) is 2.99. The van der Waals surface area contributed by atoms with Crippen LogP contribution in [0.1, 0.15) is 45.4 Å². The van der Waals surface area contributed by atoms with E-state index in [-0.39, 0.29) is 62.4 Å². The van der Waals surface area contributed by atoms with E-state index in [0.717, 1.165) is 25.0 Å². The fraction of sp³-hybridized carbons (Fsp3) is 0.787. The first-order chi connectivity index (χ1) is 35.6. The first kappa shape index (κ1) is 63.8. The summed E-state index contributed by atoms with van der Waals surface area (Å²) in [5, 5.41) is 11.9. The Morgan fingerprint density at radius 2 is 1.00 bits per heavy atom. The monoisotopic (exact) mass is 1080 g/mol. The molecule has 2 heterocycles. The van der Waals surface area contributed by atoms with Gasteiger partial charge in [-0.15, -0.1) is 0 Å². The van der Waals surface area contributed by atoms with Crippen LogP contribution in [-0.2, 0) is 71.2 Å². The summed E-state index contributed by atoms with van der Waals surface area (Å²) < 4.78 is 123. The number of halogens is 4. The minimum Gasteiger partial charge on any atom is -0.420 e. The number of unbranched alkanes of at least 4 members (excludes halogenated alkanes) is 1. The van der Waals surface area contributed by atoms with Crippen molar-refractivity contribution in [1.29, 1.82) is 0 Å². The van der Waals surface area contributed by atoms with E-state index in [0.29, 0.717) is 157 Å². The number of ether oxygens (including phenoxy) is 13. The number of hydrogen-bond donors (Lipinski definition) is 4. The van der Waals surface area contributed by atoms with Crippen LogP contribution in [-0.4, -0.2) is 218 Å². The van der Waals surface area contributed by atoms with Gasteiger partial charge in [0, 0.05) is 30.0 Å². The van der Waals surface area contributed by atoms with E-state index in [1.54, 1.807) is 0 Å². The highest BCUT2D eigenvalue weighted by molar-refractivity contribution is 8.00. The van der Waals surface area contributed by atoms with Gasteiger partial charge in [0.2, 0.25) is 29.2 Å². The van der Waals surface area contributed by atoms with E-state index in [2.05, 4.69) is 26.0 Å². The molecule has 2 aliphatic rings. The molecule has 1 unspecified atom stereocenters. The van der Waals surface area contributed by atoms with Gasteiger partial charge < -0.3 is 82.8 Å². The number of hydrogen-bond acceptors (Lipinski definition) is 18. The standard InChI is InChI=1S/C47H76F4N4O17S/c1-2-37(53-40(56)6-4-3-5-39-44-38(34-73-39)54-47(59)55-44)46(58)52-8-10-61-12-14-63-16-18-65-20-22-67-24-26-69-28-30-71-32-31-70-29-27-68-25-23-66-21-19-64-17-15-62-13-11-60-9-7-41(57)72-45-42(50)35(48)33-36(49)43(45)51/h33,37-39,44H,2-32,34H2,1H3,(H,52,58)(H,53,56)(H2,54,55,59)/t37?,38-,39-,44-/m0/s1. The Bertz CT molecular complexity index is 1650. The molecule has 2 fully saturated rings. The van der Waals surface area contributed by atoms with Crippen molar-refractivity contribution in [2.75, 3.05) is 171 Å². The lowest BCUT2D eigenvalue weighted by atomic mass is 10.0. The van der Waals surface area contributed by atoms with Crippen LogP contribution >= 0.6 is 11.8 Å². The average Bonchev–Trinajstić information content (AvgIpc) is 3.94. The number of carbonyl (C=O) groups is 4. The molecular formula is C47H76F4N4O17S. The van der Waals surface area contributed by atoms with Gasteiger partial charge in [-0.2, -0.15) is 20.5 Å². The number of urea groups is 1. The van der Waals surface area contributed by atoms with Crippen LogP contribution in [0.3, 0.4) is 0 Å². The lowest BCUT2D eigenvalue weighted by Crippen LogP contribution is -2.47. The van der Waals surface area contributed by atoms with Crippen molar-refractivity contribution in [3.63, 3.8) is 0 Å². The van der Waals surface area contributed by atoms with E-state index in [1.807, 2.05) is 18.7 Å². The molecule has 21 nitrogen and oxygen atoms in total. The second-order valence-corrected chi connectivity index (χ2v) is 17.3. The third kappa shape index (κ3) is 30.0. The molecule has 0 aliphatic carbocycles. The zero-order chi connectivity index (χ0) is 52.6. The number of esters is 1. The fourth-order valence-corrected chi connectivity index (χ4v) is 8.29. The zero-order valence-electron chi connectivity index (χ0n) is 41.9. The number of rotatable bonds is 48. The molecule has 73 heavy (non-hydrogen) atoms. The Morgan fingerprint density at radius 1 is 0.589 bits per heavy atom. The van der Waals surface area contributed by atoms with Crippen molar-refractivity contribution in [2.24, 2.45) is 0 Å². The van der Waals surface area contributed by atoms with Crippen LogP contribution in [0.25, 0.3) is 0 Å². The first-order valence-electron chi connectivity index (χ1n) is 24.8. The van der Waals surface area contributed by atoms with Gasteiger partial charge in [0.25, 0.3) is 0 Å². The van der Waals surface area contributed by atoms with Gasteiger partial charge in [0.15, 0.2) is 11.6 Å². The quantitative estimate of drug-likeness (QED) is 0.0183. The molecule has 0 aromatic heterocycles.